The number of aromatic nitrogens is 2. The molecular weight excluding hydrogens is 252 g/mol. The van der Waals surface area contributed by atoms with E-state index in [0.717, 1.165) is 5.82 Å². The number of aryl methyl sites for hydroxylation is 1. The van der Waals surface area contributed by atoms with Crippen molar-refractivity contribution in [2.75, 3.05) is 6.61 Å². The molecule has 18 heavy (non-hydrogen) atoms. The van der Waals surface area contributed by atoms with Crippen molar-refractivity contribution in [3.05, 3.63) is 47.5 Å². The lowest BCUT2D eigenvalue weighted by molar-refractivity contribution is 0.0919. The lowest BCUT2D eigenvalue weighted by Crippen LogP contribution is -2.23. The number of imidazole rings is 1. The van der Waals surface area contributed by atoms with E-state index in [9.17, 15) is 5.11 Å². The average Bonchev–Trinajstić information content (AvgIpc) is 2.74. The molecule has 2 aromatic rings. The third kappa shape index (κ3) is 3.48. The molecule has 0 fully saturated rings. The predicted octanol–water partition coefficient (Wildman–Crippen LogP) is 2.28. The van der Waals surface area contributed by atoms with E-state index < -0.39 is 6.10 Å². The Labute approximate surface area is 111 Å². The summed E-state index contributed by atoms with van der Waals surface area (Å²) in [5.41, 5.74) is 0. The molecule has 1 heterocycles. The molecular formula is C13H15ClN2O2. The first-order valence-electron chi connectivity index (χ1n) is 5.69. The van der Waals surface area contributed by atoms with Crippen LogP contribution in [-0.2, 0) is 6.54 Å². The second-order valence-electron chi connectivity index (χ2n) is 4.05. The SMILES string of the molecule is Cc1nccn1C[C@H](O)COc1ccc(Cl)cc1. The monoisotopic (exact) mass is 266 g/mol. The largest absolute Gasteiger partial charge is 0.491 e. The van der Waals surface area contributed by atoms with Crippen LogP contribution in [0.25, 0.3) is 0 Å². The molecule has 0 aliphatic rings. The van der Waals surface area contributed by atoms with Gasteiger partial charge in [-0.05, 0) is 31.2 Å². The highest BCUT2D eigenvalue weighted by atomic mass is 35.5. The Balaban J connectivity index is 1.83. The molecule has 0 unspecified atom stereocenters. The van der Waals surface area contributed by atoms with Gasteiger partial charge < -0.3 is 14.4 Å². The number of aliphatic hydroxyl groups excluding tert-OH is 1. The van der Waals surface area contributed by atoms with Gasteiger partial charge in [0.05, 0.1) is 6.54 Å². The number of hydrogen-bond acceptors (Lipinski definition) is 3. The summed E-state index contributed by atoms with van der Waals surface area (Å²) in [4.78, 5) is 4.09. The normalized spacial score (nSPS) is 12.4. The first-order chi connectivity index (χ1) is 8.65. The zero-order chi connectivity index (χ0) is 13.0. The van der Waals surface area contributed by atoms with Crippen LogP contribution in [0.3, 0.4) is 0 Å². The Kier molecular flexibility index (Phi) is 4.23. The molecule has 0 bridgehead atoms. The fraction of sp³-hybridized carbons (Fsp3) is 0.308. The van der Waals surface area contributed by atoms with Crippen molar-refractivity contribution in [3.8, 4) is 5.75 Å². The Morgan fingerprint density at radius 3 is 2.72 bits per heavy atom. The van der Waals surface area contributed by atoms with Gasteiger partial charge in [0.25, 0.3) is 0 Å². The van der Waals surface area contributed by atoms with Gasteiger partial charge >= 0.3 is 0 Å². The zero-order valence-electron chi connectivity index (χ0n) is 10.1. The summed E-state index contributed by atoms with van der Waals surface area (Å²) >= 11 is 5.77. The van der Waals surface area contributed by atoms with Gasteiger partial charge in [-0.2, -0.15) is 0 Å². The van der Waals surface area contributed by atoms with Crippen molar-refractivity contribution in [3.63, 3.8) is 0 Å². The van der Waals surface area contributed by atoms with Crippen LogP contribution in [0.5, 0.6) is 5.75 Å². The summed E-state index contributed by atoms with van der Waals surface area (Å²) in [5, 5.41) is 10.5. The van der Waals surface area contributed by atoms with E-state index in [-0.39, 0.29) is 6.61 Å². The molecule has 0 saturated heterocycles. The second-order valence-corrected chi connectivity index (χ2v) is 4.48. The van der Waals surface area contributed by atoms with E-state index >= 15 is 0 Å². The molecule has 0 aliphatic heterocycles. The molecule has 96 valence electrons. The van der Waals surface area contributed by atoms with Gasteiger partial charge in [0.15, 0.2) is 0 Å². The van der Waals surface area contributed by atoms with E-state index in [1.807, 2.05) is 17.7 Å². The first-order valence-corrected chi connectivity index (χ1v) is 6.07. The van der Waals surface area contributed by atoms with E-state index in [2.05, 4.69) is 4.98 Å². The number of aliphatic hydroxyl groups is 1. The van der Waals surface area contributed by atoms with Crippen LogP contribution < -0.4 is 4.74 Å². The summed E-state index contributed by atoms with van der Waals surface area (Å²) in [6, 6.07) is 7.06. The molecule has 4 nitrogen and oxygen atoms in total. The van der Waals surface area contributed by atoms with Crippen LogP contribution in [0.1, 0.15) is 5.82 Å². The highest BCUT2D eigenvalue weighted by Crippen LogP contribution is 2.15. The van der Waals surface area contributed by atoms with Crippen LogP contribution >= 0.6 is 11.6 Å². The zero-order valence-corrected chi connectivity index (χ0v) is 10.8. The first kappa shape index (κ1) is 12.9. The minimum atomic E-state index is -0.575. The summed E-state index contributed by atoms with van der Waals surface area (Å²) in [5.74, 6) is 1.57. The van der Waals surface area contributed by atoms with Crippen LogP contribution in [0.4, 0.5) is 0 Å². The third-order valence-corrected chi connectivity index (χ3v) is 2.84. The predicted molar refractivity (Wildman–Crippen MR) is 69.9 cm³/mol. The van der Waals surface area contributed by atoms with Gasteiger partial charge in [0.2, 0.25) is 0 Å². The summed E-state index contributed by atoms with van der Waals surface area (Å²) in [6.45, 7) is 2.60. The van der Waals surface area contributed by atoms with E-state index in [1.165, 1.54) is 0 Å². The smallest absolute Gasteiger partial charge is 0.119 e. The topological polar surface area (TPSA) is 47.3 Å². The number of halogens is 1. The van der Waals surface area contributed by atoms with Crippen molar-refractivity contribution in [2.45, 2.75) is 19.6 Å². The van der Waals surface area contributed by atoms with Gasteiger partial charge in [0.1, 0.15) is 24.3 Å². The average molecular weight is 267 g/mol. The number of ether oxygens (including phenoxy) is 1. The lowest BCUT2D eigenvalue weighted by Gasteiger charge is -2.13. The molecule has 2 rings (SSSR count). The van der Waals surface area contributed by atoms with E-state index in [0.29, 0.717) is 17.3 Å². The number of benzene rings is 1. The maximum atomic E-state index is 9.86. The van der Waals surface area contributed by atoms with Crippen LogP contribution in [0, 0.1) is 6.92 Å². The van der Waals surface area contributed by atoms with E-state index in [4.69, 9.17) is 16.3 Å². The highest BCUT2D eigenvalue weighted by Gasteiger charge is 2.07. The summed E-state index contributed by atoms with van der Waals surface area (Å²) in [7, 11) is 0. The Hall–Kier alpha value is -1.52. The maximum absolute atomic E-state index is 9.86. The fourth-order valence-electron chi connectivity index (χ4n) is 1.60. The standard InChI is InChI=1S/C13H15ClN2O2/c1-10-15-6-7-16(10)8-12(17)9-18-13-4-2-11(14)3-5-13/h2-7,12,17H,8-9H2,1H3/t12-/m0/s1. The molecule has 0 saturated carbocycles. The molecule has 0 spiro atoms. The number of rotatable bonds is 5. The number of nitrogens with zero attached hydrogens (tertiary/aromatic N) is 2. The molecule has 1 aromatic heterocycles. The molecule has 0 amide bonds. The minimum absolute atomic E-state index is 0.235. The summed E-state index contributed by atoms with van der Waals surface area (Å²) in [6.07, 6.45) is 2.97. The highest BCUT2D eigenvalue weighted by molar-refractivity contribution is 6.30. The van der Waals surface area contributed by atoms with Gasteiger partial charge in [-0.15, -0.1) is 0 Å². The fourth-order valence-corrected chi connectivity index (χ4v) is 1.73. The molecule has 1 atom stereocenters. The molecule has 0 aliphatic carbocycles. The molecule has 5 heteroatoms. The van der Waals surface area contributed by atoms with Gasteiger partial charge in [-0.1, -0.05) is 11.6 Å². The van der Waals surface area contributed by atoms with Crippen molar-refractivity contribution in [2.24, 2.45) is 0 Å². The molecule has 0 radical (unpaired) electrons. The van der Waals surface area contributed by atoms with Crippen LogP contribution in [0.15, 0.2) is 36.7 Å². The van der Waals surface area contributed by atoms with Crippen molar-refractivity contribution in [1.82, 2.24) is 9.55 Å². The van der Waals surface area contributed by atoms with Crippen LogP contribution in [0.2, 0.25) is 5.02 Å². The van der Waals surface area contributed by atoms with Gasteiger partial charge in [-0.3, -0.25) is 0 Å². The Bertz CT molecular complexity index is 496. The Morgan fingerprint density at radius 2 is 2.11 bits per heavy atom. The second kappa shape index (κ2) is 5.89. The quantitative estimate of drug-likeness (QED) is 0.903. The van der Waals surface area contributed by atoms with Crippen molar-refractivity contribution < 1.29 is 9.84 Å². The molecule has 1 aromatic carbocycles. The third-order valence-electron chi connectivity index (χ3n) is 2.59. The minimum Gasteiger partial charge on any atom is -0.491 e. The lowest BCUT2D eigenvalue weighted by atomic mass is 10.3. The maximum Gasteiger partial charge on any atom is 0.119 e. The number of hydrogen-bond donors (Lipinski definition) is 1. The van der Waals surface area contributed by atoms with Crippen molar-refractivity contribution in [1.29, 1.82) is 0 Å². The van der Waals surface area contributed by atoms with Gasteiger partial charge in [0, 0.05) is 17.4 Å². The van der Waals surface area contributed by atoms with E-state index in [1.54, 1.807) is 30.5 Å². The van der Waals surface area contributed by atoms with Crippen molar-refractivity contribution >= 4 is 11.6 Å². The Morgan fingerprint density at radius 1 is 1.39 bits per heavy atom. The summed E-state index contributed by atoms with van der Waals surface area (Å²) < 4.78 is 7.35. The molecule has 1 N–H and O–H groups in total. The van der Waals surface area contributed by atoms with Gasteiger partial charge in [-0.25, -0.2) is 4.98 Å². The van der Waals surface area contributed by atoms with Crippen LogP contribution in [-0.4, -0.2) is 27.4 Å².